The first-order valence-corrected chi connectivity index (χ1v) is 9.02. The first kappa shape index (κ1) is 17.5. The fraction of sp³-hybridized carbons (Fsp3) is 0.211. The van der Waals surface area contributed by atoms with Crippen LogP contribution in [0.15, 0.2) is 48.8 Å². The third-order valence-corrected chi connectivity index (χ3v) is 5.32. The molecule has 0 bridgehead atoms. The minimum absolute atomic E-state index is 0.0477. The molecule has 1 atom stereocenters. The van der Waals surface area contributed by atoms with Crippen molar-refractivity contribution in [3.05, 3.63) is 59.9 Å². The Morgan fingerprint density at radius 2 is 2.08 bits per heavy atom. The number of carbonyl (C=O) groups is 1. The summed E-state index contributed by atoms with van der Waals surface area (Å²) in [5.41, 5.74) is 2.03. The van der Waals surface area contributed by atoms with Crippen LogP contribution in [-0.4, -0.2) is 32.0 Å². The van der Waals surface area contributed by atoms with Gasteiger partial charge in [-0.15, -0.1) is 6.42 Å². The molecule has 0 aliphatic carbocycles. The molecule has 1 aliphatic rings. The van der Waals surface area contributed by atoms with Crippen LogP contribution in [0.3, 0.4) is 0 Å². The SMILES string of the molecule is C#CCOc1ccc(C[C@H]2SC(=S)N(Cc3cccnc3)C2=O)cc1. The number of aromatic nitrogens is 1. The van der Waals surface area contributed by atoms with Gasteiger partial charge in [0.2, 0.25) is 5.91 Å². The summed E-state index contributed by atoms with van der Waals surface area (Å²) in [5, 5.41) is -0.193. The van der Waals surface area contributed by atoms with Crippen LogP contribution in [0.5, 0.6) is 5.75 Å². The summed E-state index contributed by atoms with van der Waals surface area (Å²) >= 11 is 6.83. The first-order chi connectivity index (χ1) is 12.2. The van der Waals surface area contributed by atoms with Gasteiger partial charge in [0.05, 0.1) is 11.8 Å². The summed E-state index contributed by atoms with van der Waals surface area (Å²) in [5.74, 6) is 3.20. The number of benzene rings is 1. The fourth-order valence-electron chi connectivity index (χ4n) is 2.51. The monoisotopic (exact) mass is 368 g/mol. The number of amides is 1. The molecule has 6 heteroatoms. The van der Waals surface area contributed by atoms with Crippen molar-refractivity contribution >= 4 is 34.2 Å². The van der Waals surface area contributed by atoms with Crippen molar-refractivity contribution in [3.8, 4) is 18.1 Å². The Morgan fingerprint density at radius 3 is 2.76 bits per heavy atom. The van der Waals surface area contributed by atoms with E-state index in [9.17, 15) is 4.79 Å². The fourth-order valence-corrected chi connectivity index (χ4v) is 4.04. The molecule has 0 spiro atoms. The maximum Gasteiger partial charge on any atom is 0.242 e. The van der Waals surface area contributed by atoms with Gasteiger partial charge in [0.25, 0.3) is 0 Å². The minimum Gasteiger partial charge on any atom is -0.481 e. The number of thiocarbonyl (C=S) groups is 1. The Bertz CT molecular complexity index is 800. The zero-order valence-corrected chi connectivity index (χ0v) is 15.1. The number of pyridine rings is 1. The summed E-state index contributed by atoms with van der Waals surface area (Å²) in [6.45, 7) is 0.710. The highest BCUT2D eigenvalue weighted by atomic mass is 32.2. The first-order valence-electron chi connectivity index (χ1n) is 7.73. The minimum atomic E-state index is -0.193. The number of carbonyl (C=O) groups excluding carboxylic acids is 1. The molecule has 25 heavy (non-hydrogen) atoms. The molecular formula is C19H16N2O2S2. The molecule has 4 nitrogen and oxygen atoms in total. The highest BCUT2D eigenvalue weighted by molar-refractivity contribution is 8.24. The lowest BCUT2D eigenvalue weighted by molar-refractivity contribution is -0.126. The van der Waals surface area contributed by atoms with E-state index in [2.05, 4.69) is 10.9 Å². The third-order valence-electron chi connectivity index (χ3n) is 3.74. The second kappa shape index (κ2) is 8.15. The van der Waals surface area contributed by atoms with Gasteiger partial charge in [0, 0.05) is 12.4 Å². The molecule has 1 amide bonds. The van der Waals surface area contributed by atoms with E-state index in [4.69, 9.17) is 23.4 Å². The van der Waals surface area contributed by atoms with Crippen LogP contribution in [0.2, 0.25) is 0 Å². The smallest absolute Gasteiger partial charge is 0.242 e. The average molecular weight is 368 g/mol. The zero-order valence-electron chi connectivity index (χ0n) is 13.4. The van der Waals surface area contributed by atoms with E-state index in [1.165, 1.54) is 11.8 Å². The molecule has 0 radical (unpaired) electrons. The maximum absolute atomic E-state index is 12.7. The van der Waals surface area contributed by atoms with E-state index >= 15 is 0 Å². The molecule has 1 saturated heterocycles. The van der Waals surface area contributed by atoms with E-state index in [1.807, 2.05) is 36.4 Å². The van der Waals surface area contributed by atoms with Gasteiger partial charge in [0.15, 0.2) is 0 Å². The molecule has 0 saturated carbocycles. The van der Waals surface area contributed by atoms with Gasteiger partial charge >= 0.3 is 0 Å². The predicted octanol–water partition coefficient (Wildman–Crippen LogP) is 3.07. The standard InChI is InChI=1S/C19H16N2O2S2/c1-2-10-23-16-7-5-14(6-8-16)11-17-18(22)21(19(24)25-17)13-15-4-3-9-20-12-15/h1,3-9,12,17H,10-11,13H2/t17-/m1/s1. The normalized spacial score (nSPS) is 16.8. The van der Waals surface area contributed by atoms with Crippen molar-refractivity contribution in [2.24, 2.45) is 0 Å². The maximum atomic E-state index is 12.7. The zero-order chi connectivity index (χ0) is 17.6. The molecule has 3 rings (SSSR count). The topological polar surface area (TPSA) is 42.4 Å². The van der Waals surface area contributed by atoms with Crippen LogP contribution in [0.4, 0.5) is 0 Å². The lowest BCUT2D eigenvalue weighted by Crippen LogP contribution is -2.31. The van der Waals surface area contributed by atoms with E-state index in [0.717, 1.165) is 16.9 Å². The number of thioether (sulfide) groups is 1. The van der Waals surface area contributed by atoms with Crippen LogP contribution in [0.1, 0.15) is 11.1 Å². The van der Waals surface area contributed by atoms with Crippen molar-refractivity contribution in [3.63, 3.8) is 0 Å². The largest absolute Gasteiger partial charge is 0.481 e. The quantitative estimate of drug-likeness (QED) is 0.579. The molecule has 0 unspecified atom stereocenters. The van der Waals surface area contributed by atoms with E-state index < -0.39 is 0 Å². The van der Waals surface area contributed by atoms with Crippen LogP contribution < -0.4 is 4.74 Å². The van der Waals surface area contributed by atoms with Crippen LogP contribution >= 0.6 is 24.0 Å². The Kier molecular flexibility index (Phi) is 5.69. The summed E-state index contributed by atoms with van der Waals surface area (Å²) in [6.07, 6.45) is 9.27. The summed E-state index contributed by atoms with van der Waals surface area (Å²) in [7, 11) is 0. The number of terminal acetylenes is 1. The number of nitrogens with zero attached hydrogens (tertiary/aromatic N) is 2. The molecule has 1 fully saturated rings. The Hall–Kier alpha value is -2.36. The Balaban J connectivity index is 1.63. The lowest BCUT2D eigenvalue weighted by atomic mass is 10.1. The molecule has 1 aromatic carbocycles. The highest BCUT2D eigenvalue weighted by Crippen LogP contribution is 2.31. The van der Waals surface area contributed by atoms with Gasteiger partial charge in [-0.1, -0.05) is 48.1 Å². The Labute approximate surface area is 156 Å². The van der Waals surface area contributed by atoms with E-state index in [-0.39, 0.29) is 17.8 Å². The second-order valence-electron chi connectivity index (χ2n) is 5.50. The van der Waals surface area contributed by atoms with Gasteiger partial charge < -0.3 is 4.74 Å². The predicted molar refractivity (Wildman–Crippen MR) is 103 cm³/mol. The lowest BCUT2D eigenvalue weighted by Gasteiger charge is -2.15. The number of ether oxygens (including phenoxy) is 1. The van der Waals surface area contributed by atoms with Crippen molar-refractivity contribution < 1.29 is 9.53 Å². The second-order valence-corrected chi connectivity index (χ2v) is 7.34. The third kappa shape index (κ3) is 4.38. The van der Waals surface area contributed by atoms with Gasteiger partial charge in [-0.3, -0.25) is 14.7 Å². The summed E-state index contributed by atoms with van der Waals surface area (Å²) in [6, 6.07) is 11.4. The molecule has 1 aliphatic heterocycles. The van der Waals surface area contributed by atoms with Crippen LogP contribution in [0, 0.1) is 12.3 Å². The molecule has 126 valence electrons. The molecule has 1 aromatic heterocycles. The molecule has 2 aromatic rings. The molecule has 2 heterocycles. The van der Waals surface area contributed by atoms with E-state index in [1.54, 1.807) is 17.3 Å². The van der Waals surface area contributed by atoms with Crippen LogP contribution in [0.25, 0.3) is 0 Å². The van der Waals surface area contributed by atoms with Gasteiger partial charge in [-0.2, -0.15) is 0 Å². The van der Waals surface area contributed by atoms with Crippen molar-refractivity contribution in [1.29, 1.82) is 0 Å². The van der Waals surface area contributed by atoms with Crippen molar-refractivity contribution in [2.75, 3.05) is 6.61 Å². The number of hydrogen-bond donors (Lipinski definition) is 0. The summed E-state index contributed by atoms with van der Waals surface area (Å²) < 4.78 is 5.98. The average Bonchev–Trinajstić information content (AvgIpc) is 2.89. The summed E-state index contributed by atoms with van der Waals surface area (Å²) in [4.78, 5) is 18.4. The molecular weight excluding hydrogens is 352 g/mol. The van der Waals surface area contributed by atoms with E-state index in [0.29, 0.717) is 17.3 Å². The number of rotatable bonds is 6. The molecule has 0 N–H and O–H groups in total. The van der Waals surface area contributed by atoms with Crippen molar-refractivity contribution in [1.82, 2.24) is 9.88 Å². The van der Waals surface area contributed by atoms with Gasteiger partial charge in [-0.25, -0.2) is 0 Å². The van der Waals surface area contributed by atoms with Crippen molar-refractivity contribution in [2.45, 2.75) is 18.2 Å². The number of hydrogen-bond acceptors (Lipinski definition) is 5. The van der Waals surface area contributed by atoms with Crippen LogP contribution in [-0.2, 0) is 17.8 Å². The van der Waals surface area contributed by atoms with Gasteiger partial charge in [0.1, 0.15) is 16.7 Å². The Morgan fingerprint density at radius 1 is 1.28 bits per heavy atom. The highest BCUT2D eigenvalue weighted by Gasteiger charge is 2.36. The van der Waals surface area contributed by atoms with Gasteiger partial charge in [-0.05, 0) is 35.7 Å².